The molecular weight excluding hydrogens is 257 g/mol. The fourth-order valence-electron chi connectivity index (χ4n) is 4.08. The highest BCUT2D eigenvalue weighted by Crippen LogP contribution is 2.43. The van der Waals surface area contributed by atoms with Crippen molar-refractivity contribution >= 4 is 23.2 Å². The third kappa shape index (κ3) is 2.47. The van der Waals surface area contributed by atoms with Gasteiger partial charge in [0.05, 0.1) is 16.9 Å². The number of rotatable bonds is 1. The molecule has 17 heavy (non-hydrogen) atoms. The van der Waals surface area contributed by atoms with Gasteiger partial charge in [0.2, 0.25) is 0 Å². The summed E-state index contributed by atoms with van der Waals surface area (Å²) in [6.45, 7) is 0. The molecule has 0 aromatic rings. The molecule has 3 fully saturated rings. The molecule has 5 unspecified atom stereocenters. The van der Waals surface area contributed by atoms with Gasteiger partial charge in [-0.25, -0.2) is 0 Å². The summed E-state index contributed by atoms with van der Waals surface area (Å²) in [5, 5.41) is 13.9. The summed E-state index contributed by atoms with van der Waals surface area (Å²) in [6, 6.07) is 1.38. The van der Waals surface area contributed by atoms with E-state index in [0.717, 1.165) is 6.42 Å². The van der Waals surface area contributed by atoms with E-state index in [9.17, 15) is 5.11 Å². The van der Waals surface area contributed by atoms with E-state index in [2.05, 4.69) is 5.32 Å². The fourth-order valence-corrected chi connectivity index (χ4v) is 4.67. The Bertz CT molecular complexity index is 277. The minimum Gasteiger partial charge on any atom is -0.393 e. The number of halogens is 2. The van der Waals surface area contributed by atoms with Crippen LogP contribution in [0, 0.1) is 11.8 Å². The zero-order valence-electron chi connectivity index (χ0n) is 9.99. The maximum absolute atomic E-state index is 10.2. The summed E-state index contributed by atoms with van der Waals surface area (Å²) in [5.41, 5.74) is 0. The summed E-state index contributed by atoms with van der Waals surface area (Å²) in [7, 11) is 0. The van der Waals surface area contributed by atoms with Crippen LogP contribution >= 0.6 is 23.2 Å². The predicted octanol–water partition coefficient (Wildman–Crippen LogP) is 2.50. The number of hydrogen-bond acceptors (Lipinski definition) is 2. The predicted molar refractivity (Wildman–Crippen MR) is 70.7 cm³/mol. The number of piperidine rings is 1. The Balaban J connectivity index is 1.67. The number of aliphatic hydroxyl groups excluding tert-OH is 1. The minimum atomic E-state index is -0.241. The van der Waals surface area contributed by atoms with E-state index in [0.29, 0.717) is 30.3 Å². The van der Waals surface area contributed by atoms with Crippen LogP contribution in [0.15, 0.2) is 0 Å². The summed E-state index contributed by atoms with van der Waals surface area (Å²) in [6.07, 6.45) is 6.37. The highest BCUT2D eigenvalue weighted by Gasteiger charge is 2.43. The third-order valence-electron chi connectivity index (χ3n) is 4.97. The molecule has 2 bridgehead atoms. The molecule has 2 N–H and O–H groups in total. The molecule has 7 atom stereocenters. The molecule has 0 aromatic heterocycles. The number of fused-ring (bicyclic) bond motifs is 2. The number of alkyl halides is 2. The van der Waals surface area contributed by atoms with Crippen molar-refractivity contribution in [3.05, 3.63) is 0 Å². The molecular formula is C13H21Cl2NO. The number of aliphatic hydroxyl groups is 1. The van der Waals surface area contributed by atoms with E-state index >= 15 is 0 Å². The minimum absolute atomic E-state index is 0.0394. The Morgan fingerprint density at radius 1 is 0.882 bits per heavy atom. The van der Waals surface area contributed by atoms with Gasteiger partial charge < -0.3 is 10.4 Å². The quantitative estimate of drug-likeness (QED) is 0.722. The van der Waals surface area contributed by atoms with Gasteiger partial charge in [0.15, 0.2) is 0 Å². The first kappa shape index (κ1) is 12.5. The van der Waals surface area contributed by atoms with Gasteiger partial charge in [0.1, 0.15) is 0 Å². The molecule has 3 rings (SSSR count). The van der Waals surface area contributed by atoms with Crippen LogP contribution in [0.4, 0.5) is 0 Å². The van der Waals surface area contributed by atoms with Crippen molar-refractivity contribution < 1.29 is 5.11 Å². The summed E-state index contributed by atoms with van der Waals surface area (Å²) >= 11 is 12.4. The lowest BCUT2D eigenvalue weighted by molar-refractivity contribution is 0.0245. The Morgan fingerprint density at radius 2 is 1.47 bits per heavy atom. The lowest BCUT2D eigenvalue weighted by Gasteiger charge is -2.41. The van der Waals surface area contributed by atoms with Gasteiger partial charge in [-0.15, -0.1) is 23.2 Å². The molecule has 1 aliphatic carbocycles. The monoisotopic (exact) mass is 277 g/mol. The maximum Gasteiger partial charge on any atom is 0.0586 e. The number of hydrogen-bond donors (Lipinski definition) is 2. The van der Waals surface area contributed by atoms with Crippen molar-refractivity contribution in [1.82, 2.24) is 5.32 Å². The van der Waals surface area contributed by atoms with E-state index in [-0.39, 0.29) is 16.9 Å². The smallest absolute Gasteiger partial charge is 0.0586 e. The Hall–Kier alpha value is 0.500. The highest BCUT2D eigenvalue weighted by atomic mass is 35.5. The van der Waals surface area contributed by atoms with Crippen LogP contribution in [0.3, 0.4) is 0 Å². The van der Waals surface area contributed by atoms with Gasteiger partial charge in [-0.05, 0) is 50.4 Å². The fraction of sp³-hybridized carbons (Fsp3) is 1.00. The molecule has 0 radical (unpaired) electrons. The molecule has 2 heterocycles. The summed E-state index contributed by atoms with van der Waals surface area (Å²) in [4.78, 5) is 0. The van der Waals surface area contributed by atoms with Gasteiger partial charge in [-0.2, -0.15) is 0 Å². The van der Waals surface area contributed by atoms with E-state index in [1.165, 1.54) is 25.7 Å². The van der Waals surface area contributed by atoms with Gasteiger partial charge in [-0.1, -0.05) is 0 Å². The van der Waals surface area contributed by atoms with Gasteiger partial charge >= 0.3 is 0 Å². The summed E-state index contributed by atoms with van der Waals surface area (Å²) < 4.78 is 0. The van der Waals surface area contributed by atoms with Crippen LogP contribution in [-0.4, -0.2) is 34.0 Å². The van der Waals surface area contributed by atoms with Gasteiger partial charge in [-0.3, -0.25) is 0 Å². The Labute approximate surface area is 113 Å². The SMILES string of the molecule is OC1CC(Cl)C(Cl)CC1C1C[C@H]2CC[C@@H](C1)N2. The molecule has 2 nitrogen and oxygen atoms in total. The Kier molecular flexibility index (Phi) is 3.60. The van der Waals surface area contributed by atoms with Gasteiger partial charge in [0, 0.05) is 12.1 Å². The molecule has 98 valence electrons. The first-order valence-electron chi connectivity index (χ1n) is 6.85. The first-order chi connectivity index (χ1) is 8.13. The lowest BCUT2D eigenvalue weighted by atomic mass is 9.72. The van der Waals surface area contributed by atoms with Crippen molar-refractivity contribution in [3.63, 3.8) is 0 Å². The summed E-state index contributed by atoms with van der Waals surface area (Å²) in [5.74, 6) is 1.02. The molecule has 0 aromatic carbocycles. The second-order valence-corrected chi connectivity index (χ2v) is 7.23. The largest absolute Gasteiger partial charge is 0.393 e. The lowest BCUT2D eigenvalue weighted by Crippen LogP contribution is -2.46. The zero-order chi connectivity index (χ0) is 12.0. The van der Waals surface area contributed by atoms with E-state index in [4.69, 9.17) is 23.2 Å². The second kappa shape index (κ2) is 4.88. The molecule has 1 saturated carbocycles. The van der Waals surface area contributed by atoms with Crippen LogP contribution in [-0.2, 0) is 0 Å². The first-order valence-corrected chi connectivity index (χ1v) is 7.73. The van der Waals surface area contributed by atoms with Crippen molar-refractivity contribution in [3.8, 4) is 0 Å². The van der Waals surface area contributed by atoms with Crippen molar-refractivity contribution in [2.75, 3.05) is 0 Å². The maximum atomic E-state index is 10.2. The van der Waals surface area contributed by atoms with Crippen LogP contribution in [0.25, 0.3) is 0 Å². The topological polar surface area (TPSA) is 32.3 Å². The molecule has 2 aliphatic heterocycles. The van der Waals surface area contributed by atoms with E-state index in [1.807, 2.05) is 0 Å². The normalized spacial score (nSPS) is 54.9. The van der Waals surface area contributed by atoms with Crippen molar-refractivity contribution in [2.24, 2.45) is 11.8 Å². The molecule has 0 amide bonds. The van der Waals surface area contributed by atoms with Crippen LogP contribution in [0.5, 0.6) is 0 Å². The van der Waals surface area contributed by atoms with E-state index in [1.54, 1.807) is 0 Å². The molecule has 2 saturated heterocycles. The standard InChI is InChI=1S/C13H21Cl2NO/c14-11-5-10(13(17)6-12(11)15)7-3-8-1-2-9(4-7)16-8/h7-13,16-17H,1-6H2/t7?,8-,9+,10?,11?,12?,13?. The van der Waals surface area contributed by atoms with Crippen LogP contribution in [0.2, 0.25) is 0 Å². The average Bonchev–Trinajstić information content (AvgIpc) is 2.63. The highest BCUT2D eigenvalue weighted by molar-refractivity contribution is 6.30. The van der Waals surface area contributed by atoms with Crippen molar-refractivity contribution in [1.29, 1.82) is 0 Å². The van der Waals surface area contributed by atoms with Gasteiger partial charge in [0.25, 0.3) is 0 Å². The molecule has 3 aliphatic rings. The average molecular weight is 278 g/mol. The number of nitrogens with one attached hydrogen (secondary N) is 1. The van der Waals surface area contributed by atoms with E-state index < -0.39 is 0 Å². The second-order valence-electron chi connectivity index (χ2n) is 6.10. The van der Waals surface area contributed by atoms with Crippen molar-refractivity contribution in [2.45, 2.75) is 67.5 Å². The third-order valence-corrected chi connectivity index (χ3v) is 6.06. The Morgan fingerprint density at radius 3 is 2.12 bits per heavy atom. The molecule has 0 spiro atoms. The zero-order valence-corrected chi connectivity index (χ0v) is 11.5. The van der Waals surface area contributed by atoms with Crippen LogP contribution < -0.4 is 5.32 Å². The molecule has 4 heteroatoms. The van der Waals surface area contributed by atoms with Crippen LogP contribution in [0.1, 0.15) is 38.5 Å².